The van der Waals surface area contributed by atoms with E-state index in [0.717, 1.165) is 27.8 Å². The van der Waals surface area contributed by atoms with Crippen molar-refractivity contribution in [3.63, 3.8) is 0 Å². The summed E-state index contributed by atoms with van der Waals surface area (Å²) in [4.78, 5) is 4.73. The maximum absolute atomic E-state index is 5.32. The molecule has 1 heterocycles. The quantitative estimate of drug-likeness (QED) is 0.266. The van der Waals surface area contributed by atoms with Gasteiger partial charge in [0, 0.05) is 23.7 Å². The van der Waals surface area contributed by atoms with Crippen LogP contribution in [0.5, 0.6) is 0 Å². The van der Waals surface area contributed by atoms with Gasteiger partial charge in [-0.15, -0.1) is 0 Å². The van der Waals surface area contributed by atoms with Gasteiger partial charge in [0.1, 0.15) is 0 Å². The van der Waals surface area contributed by atoms with Crippen LogP contribution in [-0.2, 0) is 0 Å². The van der Waals surface area contributed by atoms with E-state index >= 15 is 0 Å². The number of hydrogen-bond acceptors (Lipinski definition) is 5. The first-order valence-electron chi connectivity index (χ1n) is 9.56. The molecule has 2 aromatic carbocycles. The fraction of sp³-hybridized carbons (Fsp3) is 0.136. The number of pyridine rings is 1. The molecule has 31 heavy (non-hydrogen) atoms. The Bertz CT molecular complexity index is 1150. The Hall–Kier alpha value is -3.43. The molecule has 0 atom stereocenters. The second-order valence-electron chi connectivity index (χ2n) is 6.62. The molecule has 0 aliphatic rings. The Morgan fingerprint density at radius 1 is 0.806 bits per heavy atom. The van der Waals surface area contributed by atoms with Gasteiger partial charge in [0.05, 0.1) is 22.6 Å². The minimum Gasteiger partial charge on any atom is -0.364 e. The fourth-order valence-corrected chi connectivity index (χ4v) is 2.81. The first kappa shape index (κ1) is 22.3. The number of anilines is 1. The third-order valence-electron chi connectivity index (χ3n) is 4.44. The average molecular weight is 450 g/mol. The van der Waals surface area contributed by atoms with Crippen LogP contribution in [0.15, 0.2) is 70.9 Å². The number of aromatic nitrogens is 1. The molecule has 0 bridgehead atoms. The lowest BCUT2D eigenvalue weighted by atomic mass is 10.1. The number of nitrogens with one attached hydrogen (secondary N) is 4. The van der Waals surface area contributed by atoms with Gasteiger partial charge in [-0.05, 0) is 62.5 Å². The summed E-state index contributed by atoms with van der Waals surface area (Å²) in [5.74, 6) is 0. The number of thiocarbonyl (C=S) groups is 2. The number of para-hydroxylation sites is 1. The molecule has 1 aromatic heterocycles. The summed E-state index contributed by atoms with van der Waals surface area (Å²) in [6, 6.07) is 20.1. The zero-order valence-electron chi connectivity index (χ0n) is 17.4. The van der Waals surface area contributed by atoms with E-state index in [1.807, 2.05) is 62.4 Å². The van der Waals surface area contributed by atoms with Crippen molar-refractivity contribution >= 4 is 62.7 Å². The minimum atomic E-state index is 0.377. The topological polar surface area (TPSA) is 85.7 Å². The van der Waals surface area contributed by atoms with Crippen LogP contribution in [0.2, 0.25) is 0 Å². The number of benzene rings is 2. The summed E-state index contributed by atoms with van der Waals surface area (Å²) < 4.78 is 0. The van der Waals surface area contributed by atoms with Gasteiger partial charge in [0.25, 0.3) is 0 Å². The van der Waals surface area contributed by atoms with E-state index in [9.17, 15) is 0 Å². The largest absolute Gasteiger partial charge is 0.364 e. The van der Waals surface area contributed by atoms with Crippen LogP contribution in [0.1, 0.15) is 13.8 Å². The first-order chi connectivity index (χ1) is 15.0. The summed E-state index contributed by atoms with van der Waals surface area (Å²) in [5.41, 5.74) is 10.7. The Kier molecular flexibility index (Phi) is 7.58. The number of nitrogens with zero attached hydrogens (tertiary/aromatic N) is 3. The lowest BCUT2D eigenvalue weighted by molar-refractivity contribution is 0.974. The number of rotatable bonds is 5. The molecule has 0 fully saturated rings. The van der Waals surface area contributed by atoms with E-state index in [2.05, 4.69) is 43.8 Å². The summed E-state index contributed by atoms with van der Waals surface area (Å²) >= 11 is 10.3. The smallest absolute Gasteiger partial charge is 0.191 e. The van der Waals surface area contributed by atoms with Crippen molar-refractivity contribution in [2.24, 2.45) is 10.2 Å². The molecule has 0 radical (unpaired) electrons. The molecule has 158 valence electrons. The monoisotopic (exact) mass is 449 g/mol. The van der Waals surface area contributed by atoms with Gasteiger partial charge >= 0.3 is 0 Å². The molecule has 9 heteroatoms. The summed E-state index contributed by atoms with van der Waals surface area (Å²) in [7, 11) is 1.72. The predicted octanol–water partition coefficient (Wildman–Crippen LogP) is 4.03. The summed E-state index contributed by atoms with van der Waals surface area (Å²) in [6.07, 6.45) is 0. The van der Waals surface area contributed by atoms with Gasteiger partial charge < -0.3 is 10.6 Å². The minimum absolute atomic E-state index is 0.377. The molecule has 0 amide bonds. The predicted molar refractivity (Wildman–Crippen MR) is 138 cm³/mol. The van der Waals surface area contributed by atoms with Crippen LogP contribution in [0.3, 0.4) is 0 Å². The highest BCUT2D eigenvalue weighted by Gasteiger charge is 2.03. The van der Waals surface area contributed by atoms with Crippen molar-refractivity contribution in [3.8, 4) is 11.3 Å². The molecule has 3 rings (SSSR count). The van der Waals surface area contributed by atoms with E-state index in [4.69, 9.17) is 29.4 Å². The molecular formula is C22H23N7S2. The highest BCUT2D eigenvalue weighted by molar-refractivity contribution is 7.80. The maximum atomic E-state index is 5.32. The van der Waals surface area contributed by atoms with Crippen molar-refractivity contribution in [1.29, 1.82) is 0 Å². The summed E-state index contributed by atoms with van der Waals surface area (Å²) in [5, 5.41) is 16.2. The molecule has 4 N–H and O–H groups in total. The summed E-state index contributed by atoms with van der Waals surface area (Å²) in [6.45, 7) is 3.64. The van der Waals surface area contributed by atoms with Crippen LogP contribution < -0.4 is 21.5 Å². The molecule has 7 nitrogen and oxygen atoms in total. The molecular weight excluding hydrogens is 426 g/mol. The Morgan fingerprint density at radius 2 is 1.45 bits per heavy atom. The molecule has 0 saturated carbocycles. The Labute approximate surface area is 192 Å². The lowest BCUT2D eigenvalue weighted by Crippen LogP contribution is -2.30. The van der Waals surface area contributed by atoms with Gasteiger partial charge in [-0.1, -0.05) is 36.4 Å². The van der Waals surface area contributed by atoms with E-state index in [1.165, 1.54) is 0 Å². The van der Waals surface area contributed by atoms with Crippen LogP contribution in [0.4, 0.5) is 5.69 Å². The second kappa shape index (κ2) is 10.6. The maximum Gasteiger partial charge on any atom is 0.191 e. The van der Waals surface area contributed by atoms with Crippen LogP contribution in [0, 0.1) is 0 Å². The van der Waals surface area contributed by atoms with Crippen molar-refractivity contribution in [3.05, 3.63) is 60.7 Å². The molecule has 0 aliphatic heterocycles. The normalized spacial score (nSPS) is 11.7. The van der Waals surface area contributed by atoms with Crippen molar-refractivity contribution in [1.82, 2.24) is 21.2 Å². The molecule has 0 saturated heterocycles. The van der Waals surface area contributed by atoms with Gasteiger partial charge in [-0.2, -0.15) is 10.2 Å². The zero-order valence-corrected chi connectivity index (χ0v) is 19.1. The fourth-order valence-electron chi connectivity index (χ4n) is 2.60. The standard InChI is InChI=1S/C22H23N7S2/c1-14(26-28-21(30)23-3)15(2)27-29-22(31)24-18-11-8-17(9-12-18)20-13-10-16-6-4-5-7-19(16)25-20/h4-13H,1-3H3,(H2,23,28,30)(H2,24,29,31)/b26-14+,27-15-. The van der Waals surface area contributed by atoms with Crippen molar-refractivity contribution in [2.75, 3.05) is 12.4 Å². The van der Waals surface area contributed by atoms with Crippen LogP contribution >= 0.6 is 24.4 Å². The number of fused-ring (bicyclic) bond motifs is 1. The number of hydrazone groups is 2. The average Bonchev–Trinajstić information content (AvgIpc) is 2.80. The molecule has 3 aromatic rings. The van der Waals surface area contributed by atoms with Gasteiger partial charge in [-0.3, -0.25) is 10.9 Å². The highest BCUT2D eigenvalue weighted by atomic mass is 32.1. The van der Waals surface area contributed by atoms with Gasteiger partial charge in [0.15, 0.2) is 10.2 Å². The Morgan fingerprint density at radius 3 is 2.13 bits per heavy atom. The number of hydrogen-bond donors (Lipinski definition) is 4. The van der Waals surface area contributed by atoms with Crippen LogP contribution in [-0.4, -0.2) is 33.7 Å². The Balaban J connectivity index is 1.60. The van der Waals surface area contributed by atoms with E-state index in [1.54, 1.807) is 7.05 Å². The SMILES string of the molecule is CNC(=S)N/N=C(C)/C(C)=N\NC(=S)Nc1ccc(-c2ccc3ccccc3n2)cc1. The highest BCUT2D eigenvalue weighted by Crippen LogP contribution is 2.22. The van der Waals surface area contributed by atoms with Crippen LogP contribution in [0.25, 0.3) is 22.2 Å². The first-order valence-corrected chi connectivity index (χ1v) is 10.4. The van der Waals surface area contributed by atoms with Gasteiger partial charge in [-0.25, -0.2) is 4.98 Å². The zero-order chi connectivity index (χ0) is 22.2. The molecule has 0 aliphatic carbocycles. The third kappa shape index (κ3) is 6.27. The van der Waals surface area contributed by atoms with E-state index < -0.39 is 0 Å². The van der Waals surface area contributed by atoms with Gasteiger partial charge in [0.2, 0.25) is 0 Å². The molecule has 0 spiro atoms. The van der Waals surface area contributed by atoms with Crippen molar-refractivity contribution < 1.29 is 0 Å². The van der Waals surface area contributed by atoms with E-state index in [0.29, 0.717) is 21.6 Å². The lowest BCUT2D eigenvalue weighted by Gasteiger charge is -2.09. The third-order valence-corrected chi connectivity index (χ3v) is 4.93. The molecule has 0 unspecified atom stereocenters. The van der Waals surface area contributed by atoms with Crippen molar-refractivity contribution in [2.45, 2.75) is 13.8 Å². The van der Waals surface area contributed by atoms with E-state index in [-0.39, 0.29) is 0 Å². The second-order valence-corrected chi connectivity index (χ2v) is 7.43.